The van der Waals surface area contributed by atoms with E-state index < -0.39 is 0 Å². The average Bonchev–Trinajstić information content (AvgIpc) is 3.20. The van der Waals surface area contributed by atoms with Gasteiger partial charge in [0.25, 0.3) is 5.91 Å². The summed E-state index contributed by atoms with van der Waals surface area (Å²) in [6.07, 6.45) is 8.43. The molecule has 1 saturated heterocycles. The monoisotopic (exact) mass is 340 g/mol. The fraction of sp³-hybridized carbons (Fsp3) is 0.600. The molecular formula is C20H28N4O. The van der Waals surface area contributed by atoms with E-state index >= 15 is 0 Å². The van der Waals surface area contributed by atoms with Gasteiger partial charge in [0.2, 0.25) is 0 Å². The maximum Gasteiger partial charge on any atom is 0.251 e. The molecule has 0 unspecified atom stereocenters. The van der Waals surface area contributed by atoms with Crippen LogP contribution in [0.4, 0.5) is 0 Å². The molecule has 0 atom stereocenters. The Morgan fingerprint density at radius 2 is 1.92 bits per heavy atom. The Bertz CT molecular complexity index is 745. The Kier molecular flexibility index (Phi) is 5.02. The first-order valence-electron chi connectivity index (χ1n) is 9.81. The Balaban J connectivity index is 1.38. The average molecular weight is 340 g/mol. The first kappa shape index (κ1) is 16.6. The highest BCUT2D eigenvalue weighted by atomic mass is 16.1. The van der Waals surface area contributed by atoms with E-state index in [1.54, 1.807) is 0 Å². The van der Waals surface area contributed by atoms with Gasteiger partial charge in [-0.1, -0.05) is 6.42 Å². The van der Waals surface area contributed by atoms with Gasteiger partial charge in [-0.05, 0) is 69.9 Å². The molecule has 3 heterocycles. The van der Waals surface area contributed by atoms with Crippen molar-refractivity contribution >= 4 is 16.9 Å². The van der Waals surface area contributed by atoms with Gasteiger partial charge in [0, 0.05) is 25.1 Å². The summed E-state index contributed by atoms with van der Waals surface area (Å²) in [5, 5.41) is 3.06. The molecule has 0 spiro atoms. The first-order valence-corrected chi connectivity index (χ1v) is 9.81. The standard InChI is InChI=1S/C20H28N4O/c25-20(21-10-6-13-23-11-4-5-12-23)16-8-9-18-17(15-16)22-19-7-2-1-3-14-24(18)19/h8-9,15H,1-7,10-14H2,(H,21,25). The van der Waals surface area contributed by atoms with Crippen molar-refractivity contribution in [2.75, 3.05) is 26.2 Å². The van der Waals surface area contributed by atoms with E-state index in [0.717, 1.165) is 43.6 Å². The molecule has 0 bridgehead atoms. The molecule has 25 heavy (non-hydrogen) atoms. The van der Waals surface area contributed by atoms with E-state index in [9.17, 15) is 4.79 Å². The van der Waals surface area contributed by atoms with E-state index in [-0.39, 0.29) is 5.91 Å². The summed E-state index contributed by atoms with van der Waals surface area (Å²) < 4.78 is 2.33. The number of amides is 1. The lowest BCUT2D eigenvalue weighted by Crippen LogP contribution is -2.28. The van der Waals surface area contributed by atoms with E-state index in [4.69, 9.17) is 4.98 Å². The molecule has 0 saturated carbocycles. The predicted octanol–water partition coefficient (Wildman–Crippen LogP) is 2.98. The lowest BCUT2D eigenvalue weighted by Gasteiger charge is -2.14. The number of rotatable bonds is 5. The minimum atomic E-state index is 0.0199. The summed E-state index contributed by atoms with van der Waals surface area (Å²) in [6.45, 7) is 5.32. The predicted molar refractivity (Wildman–Crippen MR) is 99.9 cm³/mol. The zero-order chi connectivity index (χ0) is 17.1. The molecule has 5 nitrogen and oxygen atoms in total. The number of carbonyl (C=O) groups is 1. The lowest BCUT2D eigenvalue weighted by molar-refractivity contribution is 0.0952. The van der Waals surface area contributed by atoms with Crippen LogP contribution in [-0.2, 0) is 13.0 Å². The van der Waals surface area contributed by atoms with Crippen molar-refractivity contribution in [3.8, 4) is 0 Å². The smallest absolute Gasteiger partial charge is 0.251 e. The molecule has 1 amide bonds. The van der Waals surface area contributed by atoms with Crippen molar-refractivity contribution in [1.82, 2.24) is 19.8 Å². The second-order valence-corrected chi connectivity index (χ2v) is 7.35. The van der Waals surface area contributed by atoms with Crippen LogP contribution in [0.1, 0.15) is 54.7 Å². The number of benzene rings is 1. The maximum absolute atomic E-state index is 12.4. The summed E-state index contributed by atoms with van der Waals surface area (Å²) in [4.78, 5) is 19.7. The van der Waals surface area contributed by atoms with Crippen molar-refractivity contribution in [1.29, 1.82) is 0 Å². The van der Waals surface area contributed by atoms with Gasteiger partial charge in [0.15, 0.2) is 0 Å². The fourth-order valence-electron chi connectivity index (χ4n) is 4.10. The number of hydrogen-bond donors (Lipinski definition) is 1. The fourth-order valence-corrected chi connectivity index (χ4v) is 4.10. The Hall–Kier alpha value is -1.88. The Morgan fingerprint density at radius 3 is 2.80 bits per heavy atom. The SMILES string of the molecule is O=C(NCCCN1CCCC1)c1ccc2c(c1)nc1n2CCCCC1. The van der Waals surface area contributed by atoms with Crippen molar-refractivity contribution in [3.05, 3.63) is 29.6 Å². The van der Waals surface area contributed by atoms with E-state index in [0.29, 0.717) is 0 Å². The van der Waals surface area contributed by atoms with Gasteiger partial charge in [-0.25, -0.2) is 4.98 Å². The number of nitrogens with one attached hydrogen (secondary N) is 1. The molecule has 1 N–H and O–H groups in total. The lowest BCUT2D eigenvalue weighted by atomic mass is 10.2. The van der Waals surface area contributed by atoms with Gasteiger partial charge < -0.3 is 14.8 Å². The first-order chi connectivity index (χ1) is 12.3. The van der Waals surface area contributed by atoms with Crippen LogP contribution < -0.4 is 5.32 Å². The highest BCUT2D eigenvalue weighted by Crippen LogP contribution is 2.22. The third-order valence-corrected chi connectivity index (χ3v) is 5.51. The summed E-state index contributed by atoms with van der Waals surface area (Å²) in [5.74, 6) is 1.20. The third-order valence-electron chi connectivity index (χ3n) is 5.51. The molecule has 1 aromatic heterocycles. The van der Waals surface area contributed by atoms with Gasteiger partial charge in [0.1, 0.15) is 5.82 Å². The van der Waals surface area contributed by atoms with Gasteiger partial charge in [-0.3, -0.25) is 4.79 Å². The Morgan fingerprint density at radius 1 is 1.08 bits per heavy atom. The van der Waals surface area contributed by atoms with E-state index in [2.05, 4.69) is 20.9 Å². The summed E-state index contributed by atoms with van der Waals surface area (Å²) in [5.41, 5.74) is 2.85. The molecule has 5 heteroatoms. The molecule has 0 aliphatic carbocycles. The molecule has 2 aliphatic rings. The molecule has 134 valence electrons. The topological polar surface area (TPSA) is 50.2 Å². The molecule has 2 aromatic rings. The summed E-state index contributed by atoms with van der Waals surface area (Å²) in [7, 11) is 0. The second kappa shape index (κ2) is 7.56. The van der Waals surface area contributed by atoms with Crippen LogP contribution in [0.25, 0.3) is 11.0 Å². The van der Waals surface area contributed by atoms with Crippen LogP contribution in [0.15, 0.2) is 18.2 Å². The largest absolute Gasteiger partial charge is 0.352 e. The van der Waals surface area contributed by atoms with Crippen molar-refractivity contribution in [3.63, 3.8) is 0 Å². The number of fused-ring (bicyclic) bond motifs is 3. The zero-order valence-electron chi connectivity index (χ0n) is 15.0. The van der Waals surface area contributed by atoms with Crippen LogP contribution in [0.2, 0.25) is 0 Å². The molecule has 2 aliphatic heterocycles. The number of nitrogens with zero attached hydrogens (tertiary/aromatic N) is 3. The van der Waals surface area contributed by atoms with Crippen LogP contribution in [0.3, 0.4) is 0 Å². The van der Waals surface area contributed by atoms with E-state index in [1.807, 2.05) is 12.1 Å². The Labute approximate surface area is 149 Å². The maximum atomic E-state index is 12.4. The minimum absolute atomic E-state index is 0.0199. The number of aryl methyl sites for hydroxylation is 2. The normalized spacial score (nSPS) is 18.2. The van der Waals surface area contributed by atoms with Gasteiger partial charge in [0.05, 0.1) is 11.0 Å². The zero-order valence-corrected chi connectivity index (χ0v) is 15.0. The molecule has 1 fully saturated rings. The van der Waals surface area contributed by atoms with Gasteiger partial charge >= 0.3 is 0 Å². The highest BCUT2D eigenvalue weighted by Gasteiger charge is 2.15. The van der Waals surface area contributed by atoms with Crippen LogP contribution in [0, 0.1) is 0 Å². The molecule has 1 aromatic carbocycles. The van der Waals surface area contributed by atoms with Crippen molar-refractivity contribution in [2.24, 2.45) is 0 Å². The van der Waals surface area contributed by atoms with Crippen molar-refractivity contribution < 1.29 is 4.79 Å². The summed E-state index contributed by atoms with van der Waals surface area (Å²) >= 11 is 0. The highest BCUT2D eigenvalue weighted by molar-refractivity contribution is 5.97. The van der Waals surface area contributed by atoms with Crippen LogP contribution in [-0.4, -0.2) is 46.5 Å². The number of hydrogen-bond acceptors (Lipinski definition) is 3. The van der Waals surface area contributed by atoms with Crippen LogP contribution in [0.5, 0.6) is 0 Å². The van der Waals surface area contributed by atoms with Crippen molar-refractivity contribution in [2.45, 2.75) is 51.5 Å². The summed E-state index contributed by atoms with van der Waals surface area (Å²) in [6, 6.07) is 5.96. The number of aromatic nitrogens is 2. The molecule has 4 rings (SSSR count). The third kappa shape index (κ3) is 3.71. The number of carbonyl (C=O) groups excluding carboxylic acids is 1. The number of imidazole rings is 1. The molecule has 0 radical (unpaired) electrons. The van der Waals surface area contributed by atoms with E-state index in [1.165, 1.54) is 56.5 Å². The van der Waals surface area contributed by atoms with Crippen LogP contribution >= 0.6 is 0 Å². The quantitative estimate of drug-likeness (QED) is 0.852. The second-order valence-electron chi connectivity index (χ2n) is 7.35. The number of likely N-dealkylation sites (tertiary alicyclic amines) is 1. The molecular weight excluding hydrogens is 312 g/mol. The minimum Gasteiger partial charge on any atom is -0.352 e. The van der Waals surface area contributed by atoms with Gasteiger partial charge in [-0.2, -0.15) is 0 Å². The van der Waals surface area contributed by atoms with Gasteiger partial charge in [-0.15, -0.1) is 0 Å².